The summed E-state index contributed by atoms with van der Waals surface area (Å²) >= 11 is 0. The maximum atomic E-state index is 12.4. The van der Waals surface area contributed by atoms with Crippen LogP contribution < -0.4 is 5.32 Å². The highest BCUT2D eigenvalue weighted by Gasteiger charge is 2.62. The van der Waals surface area contributed by atoms with Gasteiger partial charge in [-0.15, -0.1) is 0 Å². The summed E-state index contributed by atoms with van der Waals surface area (Å²) in [5.41, 5.74) is -1.74. The Morgan fingerprint density at radius 1 is 1.47 bits per heavy atom. The van der Waals surface area contributed by atoms with Crippen molar-refractivity contribution < 1.29 is 22.7 Å². The number of carbonyl (C=O) groups excluding carboxylic acids is 1. The largest absolute Gasteiger partial charge is 0.466 e. The minimum absolute atomic E-state index is 0.0122. The number of rotatable bonds is 5. The minimum atomic E-state index is -4.22. The van der Waals surface area contributed by atoms with Crippen LogP contribution in [0.15, 0.2) is 0 Å². The monoisotopic (exact) mass is 225 g/mol. The molecular formula is C9H14F3NO2. The summed E-state index contributed by atoms with van der Waals surface area (Å²) in [6.45, 7) is 1.92. The fourth-order valence-electron chi connectivity index (χ4n) is 1.32. The van der Waals surface area contributed by atoms with Gasteiger partial charge < -0.3 is 10.1 Å². The maximum absolute atomic E-state index is 12.4. The average molecular weight is 225 g/mol. The lowest BCUT2D eigenvalue weighted by molar-refractivity contribution is -0.166. The minimum Gasteiger partial charge on any atom is -0.466 e. The SMILES string of the molecule is CCOC(=O)CCNC1(C(F)(F)F)CC1. The van der Waals surface area contributed by atoms with E-state index in [1.165, 1.54) is 0 Å². The van der Waals surface area contributed by atoms with Gasteiger partial charge in [0.15, 0.2) is 0 Å². The van der Waals surface area contributed by atoms with Crippen molar-refractivity contribution in [2.24, 2.45) is 0 Å². The predicted octanol–water partition coefficient (Wildman–Crippen LogP) is 1.62. The highest BCUT2D eigenvalue weighted by Crippen LogP contribution is 2.48. The molecule has 0 spiro atoms. The van der Waals surface area contributed by atoms with E-state index in [9.17, 15) is 18.0 Å². The lowest BCUT2D eigenvalue weighted by Crippen LogP contribution is -2.45. The normalized spacial score (nSPS) is 18.7. The second kappa shape index (κ2) is 4.38. The number of ether oxygens (including phenoxy) is 1. The number of hydrogen-bond acceptors (Lipinski definition) is 3. The van der Waals surface area contributed by atoms with Crippen LogP contribution in [0.5, 0.6) is 0 Å². The van der Waals surface area contributed by atoms with Crippen LogP contribution >= 0.6 is 0 Å². The molecule has 88 valence electrons. The van der Waals surface area contributed by atoms with Gasteiger partial charge in [0.2, 0.25) is 0 Å². The zero-order chi connectivity index (χ0) is 11.5. The molecule has 1 fully saturated rings. The van der Waals surface area contributed by atoms with E-state index in [4.69, 9.17) is 0 Å². The Balaban J connectivity index is 2.24. The summed E-state index contributed by atoms with van der Waals surface area (Å²) in [5.74, 6) is -0.469. The fourth-order valence-corrected chi connectivity index (χ4v) is 1.32. The fraction of sp³-hybridized carbons (Fsp3) is 0.889. The number of hydrogen-bond donors (Lipinski definition) is 1. The smallest absolute Gasteiger partial charge is 0.406 e. The lowest BCUT2D eigenvalue weighted by atomic mass is 10.2. The molecule has 0 saturated heterocycles. The predicted molar refractivity (Wildman–Crippen MR) is 47.3 cm³/mol. The molecule has 0 unspecified atom stereocenters. The molecule has 0 bridgehead atoms. The Labute approximate surface area is 86.0 Å². The molecule has 0 atom stereocenters. The van der Waals surface area contributed by atoms with Crippen molar-refractivity contribution in [3.8, 4) is 0 Å². The van der Waals surface area contributed by atoms with Gasteiger partial charge in [0.25, 0.3) is 0 Å². The molecule has 0 aromatic heterocycles. The molecule has 0 heterocycles. The molecule has 15 heavy (non-hydrogen) atoms. The Morgan fingerprint density at radius 3 is 2.47 bits per heavy atom. The third-order valence-electron chi connectivity index (χ3n) is 2.39. The molecule has 6 heteroatoms. The third kappa shape index (κ3) is 3.09. The maximum Gasteiger partial charge on any atom is 0.406 e. The van der Waals surface area contributed by atoms with E-state index in [0.717, 1.165) is 0 Å². The molecule has 0 radical (unpaired) electrons. The summed E-state index contributed by atoms with van der Waals surface area (Å²) in [7, 11) is 0. The number of nitrogens with one attached hydrogen (secondary N) is 1. The summed E-state index contributed by atoms with van der Waals surface area (Å²) in [5, 5.41) is 2.37. The molecule has 1 rings (SSSR count). The number of alkyl halides is 3. The first-order chi connectivity index (χ1) is 6.91. The molecule has 0 amide bonds. The van der Waals surface area contributed by atoms with Crippen molar-refractivity contribution in [3.63, 3.8) is 0 Å². The van der Waals surface area contributed by atoms with Crippen LogP contribution in [-0.4, -0.2) is 30.8 Å². The molecule has 0 aromatic carbocycles. The quantitative estimate of drug-likeness (QED) is 0.722. The standard InChI is InChI=1S/C9H14F3NO2/c1-2-15-7(14)3-6-13-8(4-5-8)9(10,11)12/h13H,2-6H2,1H3. The van der Waals surface area contributed by atoms with Crippen LogP contribution in [0, 0.1) is 0 Å². The van der Waals surface area contributed by atoms with Crippen molar-refractivity contribution in [1.82, 2.24) is 5.32 Å². The van der Waals surface area contributed by atoms with E-state index < -0.39 is 17.7 Å². The topological polar surface area (TPSA) is 38.3 Å². The molecule has 1 aliphatic rings. The first kappa shape index (κ1) is 12.3. The Morgan fingerprint density at radius 2 is 2.07 bits per heavy atom. The molecule has 0 aliphatic heterocycles. The van der Waals surface area contributed by atoms with Gasteiger partial charge in [-0.25, -0.2) is 0 Å². The molecular weight excluding hydrogens is 211 g/mol. The van der Waals surface area contributed by atoms with Crippen LogP contribution in [0.2, 0.25) is 0 Å². The van der Waals surface area contributed by atoms with Crippen LogP contribution in [-0.2, 0) is 9.53 Å². The van der Waals surface area contributed by atoms with Crippen molar-refractivity contribution >= 4 is 5.97 Å². The summed E-state index contributed by atoms with van der Waals surface area (Å²) in [4.78, 5) is 10.9. The van der Waals surface area contributed by atoms with E-state index in [-0.39, 0.29) is 32.4 Å². The van der Waals surface area contributed by atoms with Crippen molar-refractivity contribution in [1.29, 1.82) is 0 Å². The van der Waals surface area contributed by atoms with Crippen LogP contribution in [0.4, 0.5) is 13.2 Å². The molecule has 1 saturated carbocycles. The van der Waals surface area contributed by atoms with Crippen LogP contribution in [0.1, 0.15) is 26.2 Å². The zero-order valence-electron chi connectivity index (χ0n) is 8.49. The second-order valence-corrected chi connectivity index (χ2v) is 3.56. The van der Waals surface area contributed by atoms with Gasteiger partial charge in [0.1, 0.15) is 5.54 Å². The van der Waals surface area contributed by atoms with Gasteiger partial charge in [0.05, 0.1) is 13.0 Å². The summed E-state index contributed by atoms with van der Waals surface area (Å²) in [6, 6.07) is 0. The number of carbonyl (C=O) groups is 1. The lowest BCUT2D eigenvalue weighted by Gasteiger charge is -2.20. The second-order valence-electron chi connectivity index (χ2n) is 3.56. The van der Waals surface area contributed by atoms with Gasteiger partial charge in [-0.2, -0.15) is 13.2 Å². The van der Waals surface area contributed by atoms with Crippen LogP contribution in [0.3, 0.4) is 0 Å². The van der Waals surface area contributed by atoms with Crippen molar-refractivity contribution in [2.75, 3.05) is 13.2 Å². The van der Waals surface area contributed by atoms with Crippen molar-refractivity contribution in [3.05, 3.63) is 0 Å². The van der Waals surface area contributed by atoms with E-state index in [2.05, 4.69) is 10.1 Å². The van der Waals surface area contributed by atoms with E-state index >= 15 is 0 Å². The Hall–Kier alpha value is -0.780. The molecule has 3 nitrogen and oxygen atoms in total. The van der Waals surface area contributed by atoms with Gasteiger partial charge in [0, 0.05) is 6.54 Å². The highest BCUT2D eigenvalue weighted by molar-refractivity contribution is 5.69. The van der Waals surface area contributed by atoms with Gasteiger partial charge >= 0.3 is 12.1 Å². The average Bonchev–Trinajstić information content (AvgIpc) is 2.84. The number of esters is 1. The molecule has 1 N–H and O–H groups in total. The molecule has 0 aromatic rings. The number of halogens is 3. The van der Waals surface area contributed by atoms with Gasteiger partial charge in [-0.1, -0.05) is 0 Å². The highest BCUT2D eigenvalue weighted by atomic mass is 19.4. The first-order valence-electron chi connectivity index (χ1n) is 4.89. The van der Waals surface area contributed by atoms with Gasteiger partial charge in [-0.05, 0) is 19.8 Å². The Kier molecular flexibility index (Phi) is 3.59. The third-order valence-corrected chi connectivity index (χ3v) is 2.39. The first-order valence-corrected chi connectivity index (χ1v) is 4.89. The zero-order valence-corrected chi connectivity index (χ0v) is 8.49. The molecule has 1 aliphatic carbocycles. The van der Waals surface area contributed by atoms with Crippen molar-refractivity contribution in [2.45, 2.75) is 37.9 Å². The Bertz CT molecular complexity index is 236. The van der Waals surface area contributed by atoms with Crippen LogP contribution in [0.25, 0.3) is 0 Å². The van der Waals surface area contributed by atoms with Gasteiger partial charge in [-0.3, -0.25) is 4.79 Å². The van der Waals surface area contributed by atoms with E-state index in [0.29, 0.717) is 0 Å². The van der Waals surface area contributed by atoms with E-state index in [1.807, 2.05) is 0 Å². The summed E-state index contributed by atoms with van der Waals surface area (Å²) in [6.07, 6.45) is -4.05. The summed E-state index contributed by atoms with van der Waals surface area (Å²) < 4.78 is 41.8. The van der Waals surface area contributed by atoms with E-state index in [1.54, 1.807) is 6.92 Å².